The summed E-state index contributed by atoms with van der Waals surface area (Å²) in [5.41, 5.74) is 4.05. The van der Waals surface area contributed by atoms with E-state index in [1.807, 2.05) is 17.0 Å². The van der Waals surface area contributed by atoms with Gasteiger partial charge in [-0.2, -0.15) is 0 Å². The summed E-state index contributed by atoms with van der Waals surface area (Å²) in [5.74, 6) is -0.400. The Kier molecular flexibility index (Phi) is 4.80. The zero-order valence-corrected chi connectivity index (χ0v) is 18.5. The molecule has 34 heavy (non-hydrogen) atoms. The topological polar surface area (TPSA) is 73.5 Å². The first-order valence-electron chi connectivity index (χ1n) is 11.5. The number of likely N-dealkylation sites (tertiary alicyclic amines) is 1. The number of carbonyl (C=O) groups excluding carboxylic acids is 3. The Labute approximate surface area is 196 Å². The van der Waals surface area contributed by atoms with Crippen molar-refractivity contribution >= 4 is 34.3 Å². The number of nitrogens with one attached hydrogen (secondary N) is 1. The zero-order valence-electron chi connectivity index (χ0n) is 18.5. The number of fused-ring (bicyclic) bond motifs is 2. The van der Waals surface area contributed by atoms with E-state index in [-0.39, 0.29) is 17.7 Å². The quantitative estimate of drug-likeness (QED) is 0.448. The highest BCUT2D eigenvalue weighted by atomic mass is 16.2. The number of carbonyl (C=O) groups is 3. The van der Waals surface area contributed by atoms with Crippen molar-refractivity contribution in [3.05, 3.63) is 101 Å². The van der Waals surface area contributed by atoms with E-state index in [0.29, 0.717) is 41.4 Å². The summed E-state index contributed by atoms with van der Waals surface area (Å²) in [6, 6.07) is 24.1. The number of anilines is 1. The molecule has 1 fully saturated rings. The average molecular weight is 450 g/mol. The molecule has 0 spiro atoms. The molecule has 2 aliphatic rings. The number of hydrogen-bond acceptors (Lipinski definition) is 3. The van der Waals surface area contributed by atoms with Crippen LogP contribution in [0.1, 0.15) is 55.5 Å². The lowest BCUT2D eigenvalue weighted by atomic mass is 9.93. The van der Waals surface area contributed by atoms with Gasteiger partial charge in [0.25, 0.3) is 17.7 Å². The first-order valence-corrected chi connectivity index (χ1v) is 11.5. The molecule has 1 saturated heterocycles. The normalized spacial score (nSPS) is 16.4. The molecular formula is C28H23N3O3. The fraction of sp³-hybridized carbons (Fsp3) is 0.179. The number of H-pyrrole nitrogens is 1. The van der Waals surface area contributed by atoms with E-state index in [1.54, 1.807) is 48.5 Å². The molecule has 6 heteroatoms. The minimum absolute atomic E-state index is 0.0754. The number of aromatic nitrogens is 1. The lowest BCUT2D eigenvalue weighted by molar-refractivity contribution is 0.0711. The van der Waals surface area contributed by atoms with Crippen molar-refractivity contribution in [2.75, 3.05) is 18.0 Å². The van der Waals surface area contributed by atoms with Gasteiger partial charge in [0.05, 0.1) is 16.8 Å². The Hall–Kier alpha value is -4.19. The van der Waals surface area contributed by atoms with Crippen molar-refractivity contribution in [3.8, 4) is 0 Å². The molecule has 0 radical (unpaired) electrons. The van der Waals surface area contributed by atoms with Crippen LogP contribution < -0.4 is 4.90 Å². The molecule has 1 aromatic heterocycles. The maximum absolute atomic E-state index is 13.3. The second-order valence-corrected chi connectivity index (χ2v) is 8.92. The molecule has 6 rings (SSSR count). The Morgan fingerprint density at radius 2 is 1.47 bits per heavy atom. The van der Waals surface area contributed by atoms with Crippen LogP contribution in [-0.2, 0) is 0 Å². The van der Waals surface area contributed by atoms with E-state index in [9.17, 15) is 14.4 Å². The average Bonchev–Trinajstić information content (AvgIpc) is 3.43. The van der Waals surface area contributed by atoms with Crippen molar-refractivity contribution in [1.82, 2.24) is 9.88 Å². The molecule has 3 amide bonds. The first-order chi connectivity index (χ1) is 16.6. The van der Waals surface area contributed by atoms with E-state index in [0.717, 1.165) is 23.3 Å². The zero-order chi connectivity index (χ0) is 23.2. The smallest absolute Gasteiger partial charge is 0.266 e. The van der Waals surface area contributed by atoms with Gasteiger partial charge in [-0.1, -0.05) is 36.4 Å². The second kappa shape index (κ2) is 7.99. The molecule has 0 atom stereocenters. The van der Waals surface area contributed by atoms with Crippen LogP contribution in [0, 0.1) is 0 Å². The Morgan fingerprint density at radius 3 is 2.18 bits per heavy atom. The number of rotatable bonds is 3. The third kappa shape index (κ3) is 3.30. The number of imide groups is 1. The van der Waals surface area contributed by atoms with Crippen molar-refractivity contribution in [2.24, 2.45) is 0 Å². The summed E-state index contributed by atoms with van der Waals surface area (Å²) in [4.78, 5) is 45.5. The molecule has 0 aliphatic carbocycles. The van der Waals surface area contributed by atoms with Gasteiger partial charge in [-0.3, -0.25) is 14.4 Å². The Balaban J connectivity index is 1.18. The molecule has 3 heterocycles. The molecule has 3 aromatic carbocycles. The predicted octanol–water partition coefficient (Wildman–Crippen LogP) is 4.99. The molecule has 1 N–H and O–H groups in total. The van der Waals surface area contributed by atoms with Crippen LogP contribution in [0.4, 0.5) is 5.69 Å². The fourth-order valence-electron chi connectivity index (χ4n) is 5.09. The highest BCUT2D eigenvalue weighted by Gasteiger charge is 2.36. The number of para-hydroxylation sites is 1. The third-order valence-electron chi connectivity index (χ3n) is 6.92. The molecule has 6 nitrogen and oxygen atoms in total. The van der Waals surface area contributed by atoms with Gasteiger partial charge >= 0.3 is 0 Å². The van der Waals surface area contributed by atoms with E-state index in [2.05, 4.69) is 23.2 Å². The SMILES string of the molecule is O=C(c1cccc(N2C(=O)c3ccccc3C2=O)c1)N1CCC(c2cc3ccccc3[nH]2)CC1. The van der Waals surface area contributed by atoms with Crippen LogP contribution in [0.2, 0.25) is 0 Å². The first kappa shape index (κ1) is 20.4. The Morgan fingerprint density at radius 1 is 0.794 bits per heavy atom. The van der Waals surface area contributed by atoms with Crippen LogP contribution in [0.3, 0.4) is 0 Å². The standard InChI is InChI=1S/C28H23N3O3/c32-26(30-14-12-18(13-15-30)25-17-19-6-1-4-11-24(19)29-25)20-7-5-8-21(16-20)31-27(33)22-9-2-3-10-23(22)28(31)34/h1-11,16-18,29H,12-15H2. The summed E-state index contributed by atoms with van der Waals surface area (Å²) in [7, 11) is 0. The second-order valence-electron chi connectivity index (χ2n) is 8.92. The number of benzene rings is 3. The molecule has 0 bridgehead atoms. The number of hydrogen-bond donors (Lipinski definition) is 1. The van der Waals surface area contributed by atoms with Crippen molar-refractivity contribution < 1.29 is 14.4 Å². The van der Waals surface area contributed by atoms with Crippen LogP contribution in [-0.4, -0.2) is 40.7 Å². The van der Waals surface area contributed by atoms with Crippen molar-refractivity contribution in [2.45, 2.75) is 18.8 Å². The van der Waals surface area contributed by atoms with Crippen LogP contribution in [0.5, 0.6) is 0 Å². The van der Waals surface area contributed by atoms with Gasteiger partial charge in [-0.25, -0.2) is 4.90 Å². The largest absolute Gasteiger partial charge is 0.358 e. The van der Waals surface area contributed by atoms with E-state index < -0.39 is 0 Å². The van der Waals surface area contributed by atoms with Crippen molar-refractivity contribution in [1.29, 1.82) is 0 Å². The maximum atomic E-state index is 13.3. The lowest BCUT2D eigenvalue weighted by Crippen LogP contribution is -2.38. The highest BCUT2D eigenvalue weighted by Crippen LogP contribution is 2.32. The highest BCUT2D eigenvalue weighted by molar-refractivity contribution is 6.34. The molecule has 0 saturated carbocycles. The lowest BCUT2D eigenvalue weighted by Gasteiger charge is -2.32. The molecule has 0 unspecified atom stereocenters. The van der Waals surface area contributed by atoms with Crippen LogP contribution >= 0.6 is 0 Å². The monoisotopic (exact) mass is 449 g/mol. The van der Waals surface area contributed by atoms with Gasteiger partial charge in [-0.15, -0.1) is 0 Å². The summed E-state index contributed by atoms with van der Waals surface area (Å²) in [6.07, 6.45) is 1.77. The third-order valence-corrected chi connectivity index (χ3v) is 6.92. The number of amides is 3. The van der Waals surface area contributed by atoms with Crippen LogP contribution in [0.25, 0.3) is 10.9 Å². The number of nitrogens with zero attached hydrogens (tertiary/aromatic N) is 2. The summed E-state index contributed by atoms with van der Waals surface area (Å²) in [5, 5.41) is 1.21. The van der Waals surface area contributed by atoms with Gasteiger partial charge in [0.15, 0.2) is 0 Å². The predicted molar refractivity (Wildman–Crippen MR) is 130 cm³/mol. The maximum Gasteiger partial charge on any atom is 0.266 e. The van der Waals surface area contributed by atoms with E-state index in [4.69, 9.17) is 0 Å². The van der Waals surface area contributed by atoms with Gasteiger partial charge in [0.1, 0.15) is 0 Å². The summed E-state index contributed by atoms with van der Waals surface area (Å²) < 4.78 is 0. The van der Waals surface area contributed by atoms with Gasteiger partial charge in [0, 0.05) is 35.8 Å². The van der Waals surface area contributed by atoms with E-state index >= 15 is 0 Å². The number of piperidine rings is 1. The minimum Gasteiger partial charge on any atom is -0.358 e. The molecule has 4 aromatic rings. The summed E-state index contributed by atoms with van der Waals surface area (Å²) >= 11 is 0. The Bertz CT molecular complexity index is 1380. The molecular weight excluding hydrogens is 426 g/mol. The van der Waals surface area contributed by atoms with Gasteiger partial charge < -0.3 is 9.88 Å². The van der Waals surface area contributed by atoms with Gasteiger partial charge in [-0.05, 0) is 60.7 Å². The minimum atomic E-state index is -0.357. The molecule has 168 valence electrons. The molecule has 2 aliphatic heterocycles. The fourth-order valence-corrected chi connectivity index (χ4v) is 5.09. The van der Waals surface area contributed by atoms with Crippen molar-refractivity contribution in [3.63, 3.8) is 0 Å². The number of aromatic amines is 1. The van der Waals surface area contributed by atoms with Gasteiger partial charge in [0.2, 0.25) is 0 Å². The summed E-state index contributed by atoms with van der Waals surface area (Å²) in [6.45, 7) is 1.33. The van der Waals surface area contributed by atoms with Crippen LogP contribution in [0.15, 0.2) is 78.9 Å². The van der Waals surface area contributed by atoms with E-state index in [1.165, 1.54) is 11.1 Å².